The molecule has 3 rings (SSSR count). The van der Waals surface area contributed by atoms with E-state index >= 15 is 0 Å². The third-order valence-electron chi connectivity index (χ3n) is 3.74. The Hall–Kier alpha value is -1.92. The van der Waals surface area contributed by atoms with E-state index in [0.717, 1.165) is 18.6 Å². The molecule has 0 aliphatic heterocycles. The molecule has 3 N–H and O–H groups in total. The van der Waals surface area contributed by atoms with E-state index in [4.69, 9.17) is 5.73 Å². The number of sulfonamides is 1. The number of nitrogens with one attached hydrogen (secondary N) is 1. The molecule has 21 heavy (non-hydrogen) atoms. The highest BCUT2D eigenvalue weighted by Crippen LogP contribution is 2.34. The minimum absolute atomic E-state index is 0.0866. The van der Waals surface area contributed by atoms with Gasteiger partial charge in [0.25, 0.3) is 0 Å². The van der Waals surface area contributed by atoms with Crippen molar-refractivity contribution in [1.29, 1.82) is 0 Å². The molecular weight excluding hydrogens is 291 g/mol. The second kappa shape index (κ2) is 5.13. The summed E-state index contributed by atoms with van der Waals surface area (Å²) in [5, 5.41) is 0. The summed E-state index contributed by atoms with van der Waals surface area (Å²) in [4.78, 5) is -0.0866. The van der Waals surface area contributed by atoms with E-state index in [9.17, 15) is 12.8 Å². The zero-order valence-electron chi connectivity index (χ0n) is 11.2. The summed E-state index contributed by atoms with van der Waals surface area (Å²) in [6.07, 6.45) is 0.859. The fourth-order valence-electron chi connectivity index (χ4n) is 2.60. The number of halogens is 1. The maximum atomic E-state index is 13.0. The van der Waals surface area contributed by atoms with Gasteiger partial charge in [0, 0.05) is 12.5 Å². The first-order chi connectivity index (χ1) is 9.97. The molecule has 0 spiro atoms. The summed E-state index contributed by atoms with van der Waals surface area (Å²) in [6, 6.07) is 11.2. The van der Waals surface area contributed by atoms with Crippen molar-refractivity contribution in [2.45, 2.75) is 17.2 Å². The van der Waals surface area contributed by atoms with Gasteiger partial charge in [-0.25, -0.2) is 17.5 Å². The van der Waals surface area contributed by atoms with Crippen molar-refractivity contribution in [1.82, 2.24) is 4.72 Å². The van der Waals surface area contributed by atoms with E-state index in [-0.39, 0.29) is 16.5 Å². The van der Waals surface area contributed by atoms with Crippen molar-refractivity contribution in [2.75, 3.05) is 12.3 Å². The standard InChI is InChI=1S/C15H15FN2O2S/c16-12-5-6-15(14(17)8-12)21(19,20)18-9-11-7-10-3-1-2-4-13(10)11/h1-6,8,11,18H,7,9,17H2. The van der Waals surface area contributed by atoms with Gasteiger partial charge in [0.1, 0.15) is 10.7 Å². The highest BCUT2D eigenvalue weighted by molar-refractivity contribution is 7.89. The van der Waals surface area contributed by atoms with E-state index in [1.807, 2.05) is 24.3 Å². The second-order valence-corrected chi connectivity index (χ2v) is 6.87. The zero-order valence-corrected chi connectivity index (χ0v) is 12.0. The molecule has 110 valence electrons. The Balaban J connectivity index is 1.73. The molecule has 0 aromatic heterocycles. The molecule has 0 amide bonds. The van der Waals surface area contributed by atoms with Gasteiger partial charge in [-0.05, 0) is 35.7 Å². The molecule has 1 aliphatic carbocycles. The van der Waals surface area contributed by atoms with Gasteiger partial charge in [-0.2, -0.15) is 0 Å². The normalized spacial score (nSPS) is 17.1. The van der Waals surface area contributed by atoms with Crippen LogP contribution in [0.2, 0.25) is 0 Å². The molecular formula is C15H15FN2O2S. The summed E-state index contributed by atoms with van der Waals surface area (Å²) in [5.41, 5.74) is 7.92. The molecule has 1 atom stereocenters. The van der Waals surface area contributed by atoms with Gasteiger partial charge in [-0.15, -0.1) is 0 Å². The van der Waals surface area contributed by atoms with Crippen molar-refractivity contribution in [2.24, 2.45) is 0 Å². The number of rotatable bonds is 4. The van der Waals surface area contributed by atoms with Gasteiger partial charge in [0.2, 0.25) is 10.0 Å². The molecule has 1 unspecified atom stereocenters. The van der Waals surface area contributed by atoms with E-state index in [0.29, 0.717) is 6.54 Å². The van der Waals surface area contributed by atoms with Gasteiger partial charge < -0.3 is 5.73 Å². The van der Waals surface area contributed by atoms with Crippen LogP contribution in [0.25, 0.3) is 0 Å². The quantitative estimate of drug-likeness (QED) is 0.849. The first kappa shape index (κ1) is 14.0. The number of hydrogen-bond acceptors (Lipinski definition) is 3. The number of fused-ring (bicyclic) bond motifs is 1. The average Bonchev–Trinajstić information content (AvgIpc) is 2.39. The third kappa shape index (κ3) is 2.64. The average molecular weight is 306 g/mol. The van der Waals surface area contributed by atoms with Gasteiger partial charge in [0.05, 0.1) is 5.69 Å². The summed E-state index contributed by atoms with van der Waals surface area (Å²) in [6.45, 7) is 0.316. The summed E-state index contributed by atoms with van der Waals surface area (Å²) < 4.78 is 39.9. The maximum Gasteiger partial charge on any atom is 0.242 e. The van der Waals surface area contributed by atoms with Crippen molar-refractivity contribution >= 4 is 15.7 Å². The van der Waals surface area contributed by atoms with Crippen LogP contribution in [0.3, 0.4) is 0 Å². The molecule has 4 nitrogen and oxygen atoms in total. The van der Waals surface area contributed by atoms with E-state index in [2.05, 4.69) is 4.72 Å². The lowest BCUT2D eigenvalue weighted by Crippen LogP contribution is -2.33. The van der Waals surface area contributed by atoms with Gasteiger partial charge in [-0.1, -0.05) is 24.3 Å². The number of hydrogen-bond donors (Lipinski definition) is 2. The molecule has 0 saturated heterocycles. The lowest BCUT2D eigenvalue weighted by Gasteiger charge is -2.30. The zero-order chi connectivity index (χ0) is 15.0. The van der Waals surface area contributed by atoms with Crippen LogP contribution in [0, 0.1) is 5.82 Å². The smallest absolute Gasteiger partial charge is 0.242 e. The molecule has 2 aromatic rings. The van der Waals surface area contributed by atoms with E-state index in [1.54, 1.807) is 0 Å². The van der Waals surface area contributed by atoms with E-state index < -0.39 is 15.8 Å². The molecule has 0 heterocycles. The summed E-state index contributed by atoms with van der Waals surface area (Å²) >= 11 is 0. The molecule has 0 saturated carbocycles. The highest BCUT2D eigenvalue weighted by atomic mass is 32.2. The fourth-order valence-corrected chi connectivity index (χ4v) is 3.79. The van der Waals surface area contributed by atoms with Crippen molar-refractivity contribution < 1.29 is 12.8 Å². The number of benzene rings is 2. The van der Waals surface area contributed by atoms with Crippen molar-refractivity contribution in [3.05, 3.63) is 59.4 Å². The molecule has 6 heteroatoms. The fraction of sp³-hybridized carbons (Fsp3) is 0.200. The molecule has 0 bridgehead atoms. The molecule has 0 radical (unpaired) electrons. The lowest BCUT2D eigenvalue weighted by atomic mass is 9.78. The van der Waals surface area contributed by atoms with Gasteiger partial charge in [0.15, 0.2) is 0 Å². The lowest BCUT2D eigenvalue weighted by molar-refractivity contribution is 0.552. The van der Waals surface area contributed by atoms with Crippen molar-refractivity contribution in [3.8, 4) is 0 Å². The number of anilines is 1. The minimum Gasteiger partial charge on any atom is -0.398 e. The highest BCUT2D eigenvalue weighted by Gasteiger charge is 2.27. The number of nitrogens with two attached hydrogens (primary N) is 1. The van der Waals surface area contributed by atoms with Crippen LogP contribution in [0.1, 0.15) is 17.0 Å². The predicted octanol–water partition coefficient (Wildman–Crippen LogP) is 2.03. The van der Waals surface area contributed by atoms with E-state index in [1.165, 1.54) is 17.2 Å². The van der Waals surface area contributed by atoms with Crippen LogP contribution in [-0.4, -0.2) is 15.0 Å². The topological polar surface area (TPSA) is 72.2 Å². The Bertz CT molecular complexity index is 790. The van der Waals surface area contributed by atoms with Gasteiger partial charge >= 0.3 is 0 Å². The second-order valence-electron chi connectivity index (χ2n) is 5.13. The Morgan fingerprint density at radius 1 is 1.24 bits per heavy atom. The van der Waals surface area contributed by atoms with Crippen LogP contribution in [0.4, 0.5) is 10.1 Å². The Labute approximate surface area is 122 Å². The van der Waals surface area contributed by atoms with Crippen molar-refractivity contribution in [3.63, 3.8) is 0 Å². The monoisotopic (exact) mass is 306 g/mol. The summed E-state index contributed by atoms with van der Waals surface area (Å²) in [7, 11) is -3.72. The van der Waals surface area contributed by atoms with Crippen LogP contribution in [-0.2, 0) is 16.4 Å². The molecule has 1 aliphatic rings. The van der Waals surface area contributed by atoms with Crippen LogP contribution in [0.15, 0.2) is 47.4 Å². The Morgan fingerprint density at radius 3 is 2.71 bits per heavy atom. The molecule has 2 aromatic carbocycles. The van der Waals surface area contributed by atoms with Crippen LogP contribution < -0.4 is 10.5 Å². The van der Waals surface area contributed by atoms with Crippen LogP contribution in [0.5, 0.6) is 0 Å². The Morgan fingerprint density at radius 2 is 2.00 bits per heavy atom. The Kier molecular flexibility index (Phi) is 3.43. The SMILES string of the molecule is Nc1cc(F)ccc1S(=O)(=O)NCC1Cc2ccccc21. The summed E-state index contributed by atoms with van der Waals surface area (Å²) in [5.74, 6) is -0.378. The van der Waals surface area contributed by atoms with Crippen LogP contribution >= 0.6 is 0 Å². The first-order valence-electron chi connectivity index (χ1n) is 6.60. The maximum absolute atomic E-state index is 13.0. The largest absolute Gasteiger partial charge is 0.398 e. The minimum atomic E-state index is -3.72. The first-order valence-corrected chi connectivity index (χ1v) is 8.08. The molecule has 0 fully saturated rings. The third-order valence-corrected chi connectivity index (χ3v) is 5.24. The van der Waals surface area contributed by atoms with Gasteiger partial charge in [-0.3, -0.25) is 0 Å². The number of nitrogen functional groups attached to an aromatic ring is 1. The predicted molar refractivity (Wildman–Crippen MR) is 78.9 cm³/mol.